The maximum atomic E-state index is 12.0. The third-order valence-corrected chi connectivity index (χ3v) is 4.63. The SMILES string of the molecule is CCC(C)NC(=O)C1Cc2cc(S(=O)(=O)Cl)ccc2O1. The normalized spacial score (nSPS) is 19.1. The first-order valence-corrected chi connectivity index (χ1v) is 8.66. The summed E-state index contributed by atoms with van der Waals surface area (Å²) >= 11 is 0. The molecule has 0 fully saturated rings. The largest absolute Gasteiger partial charge is 0.480 e. The van der Waals surface area contributed by atoms with Crippen molar-refractivity contribution in [2.45, 2.75) is 43.7 Å². The Morgan fingerprint density at radius 1 is 1.55 bits per heavy atom. The minimum absolute atomic E-state index is 0.0181. The third-order valence-electron chi connectivity index (χ3n) is 3.28. The molecule has 2 unspecified atom stereocenters. The molecule has 7 heteroatoms. The summed E-state index contributed by atoms with van der Waals surface area (Å²) in [5, 5.41) is 2.84. The molecule has 0 saturated heterocycles. The van der Waals surface area contributed by atoms with Gasteiger partial charge in [0, 0.05) is 23.1 Å². The number of rotatable bonds is 4. The minimum Gasteiger partial charge on any atom is -0.480 e. The van der Waals surface area contributed by atoms with Crippen LogP contribution in [-0.4, -0.2) is 26.5 Å². The molecule has 1 amide bonds. The Hall–Kier alpha value is -1.27. The lowest BCUT2D eigenvalue weighted by molar-refractivity contribution is -0.127. The van der Waals surface area contributed by atoms with Crippen molar-refractivity contribution < 1.29 is 17.9 Å². The highest BCUT2D eigenvalue weighted by atomic mass is 35.7. The number of hydrogen-bond donors (Lipinski definition) is 1. The number of fused-ring (bicyclic) bond motifs is 1. The lowest BCUT2D eigenvalue weighted by Gasteiger charge is -2.15. The number of ether oxygens (including phenoxy) is 1. The third kappa shape index (κ3) is 3.24. The van der Waals surface area contributed by atoms with E-state index in [1.165, 1.54) is 18.2 Å². The van der Waals surface area contributed by atoms with Gasteiger partial charge in [0.25, 0.3) is 15.0 Å². The van der Waals surface area contributed by atoms with E-state index < -0.39 is 15.2 Å². The fourth-order valence-electron chi connectivity index (χ4n) is 1.96. The predicted molar refractivity (Wildman–Crippen MR) is 75.5 cm³/mol. The Morgan fingerprint density at radius 3 is 2.85 bits per heavy atom. The van der Waals surface area contributed by atoms with Crippen LogP contribution >= 0.6 is 10.7 Å². The highest BCUT2D eigenvalue weighted by Crippen LogP contribution is 2.31. The smallest absolute Gasteiger partial charge is 0.261 e. The minimum atomic E-state index is -3.77. The van der Waals surface area contributed by atoms with E-state index >= 15 is 0 Å². The molecular weight excluding hydrogens is 302 g/mol. The number of carbonyl (C=O) groups excluding carboxylic acids is 1. The molecular formula is C13H16ClNO4S. The monoisotopic (exact) mass is 317 g/mol. The zero-order chi connectivity index (χ0) is 14.9. The van der Waals surface area contributed by atoms with Gasteiger partial charge < -0.3 is 10.1 Å². The van der Waals surface area contributed by atoms with E-state index in [0.29, 0.717) is 17.7 Å². The van der Waals surface area contributed by atoms with Gasteiger partial charge in [-0.05, 0) is 37.1 Å². The van der Waals surface area contributed by atoms with Crippen molar-refractivity contribution in [3.63, 3.8) is 0 Å². The summed E-state index contributed by atoms with van der Waals surface area (Å²) in [5.41, 5.74) is 0.677. The molecule has 1 aromatic rings. The van der Waals surface area contributed by atoms with E-state index in [4.69, 9.17) is 15.4 Å². The highest BCUT2D eigenvalue weighted by Gasteiger charge is 2.30. The van der Waals surface area contributed by atoms with Gasteiger partial charge >= 0.3 is 0 Å². The van der Waals surface area contributed by atoms with Gasteiger partial charge in [-0.1, -0.05) is 6.92 Å². The Balaban J connectivity index is 2.14. The first-order valence-electron chi connectivity index (χ1n) is 6.36. The molecule has 1 aliphatic rings. The fourth-order valence-corrected chi connectivity index (χ4v) is 2.76. The molecule has 0 aliphatic carbocycles. The standard InChI is InChI=1S/C13H16ClNO4S/c1-3-8(2)15-13(16)12-7-9-6-10(20(14,17)18)4-5-11(9)19-12/h4-6,8,12H,3,7H2,1-2H3,(H,15,16). The molecule has 5 nitrogen and oxygen atoms in total. The average molecular weight is 318 g/mol. The summed E-state index contributed by atoms with van der Waals surface area (Å²) in [6.07, 6.45) is 0.560. The summed E-state index contributed by atoms with van der Waals surface area (Å²) in [5.74, 6) is 0.337. The van der Waals surface area contributed by atoms with Crippen LogP contribution in [0.4, 0.5) is 0 Å². The van der Waals surface area contributed by atoms with Crippen LogP contribution in [0.1, 0.15) is 25.8 Å². The predicted octanol–water partition coefficient (Wildman–Crippen LogP) is 1.83. The van der Waals surface area contributed by atoms with Crippen LogP contribution in [0, 0.1) is 0 Å². The highest BCUT2D eigenvalue weighted by molar-refractivity contribution is 8.13. The second kappa shape index (κ2) is 5.61. The number of carbonyl (C=O) groups is 1. The molecule has 0 saturated carbocycles. The Labute approximate surface area is 122 Å². The van der Waals surface area contributed by atoms with Crippen LogP contribution in [0.25, 0.3) is 0 Å². The molecule has 20 heavy (non-hydrogen) atoms. The average Bonchev–Trinajstić information content (AvgIpc) is 2.80. The van der Waals surface area contributed by atoms with Crippen LogP contribution in [0.3, 0.4) is 0 Å². The van der Waals surface area contributed by atoms with E-state index in [1.807, 2.05) is 13.8 Å². The Kier molecular flexibility index (Phi) is 4.25. The summed E-state index contributed by atoms with van der Waals surface area (Å²) in [6.45, 7) is 3.89. The number of benzene rings is 1. The van der Waals surface area contributed by atoms with Crippen molar-refractivity contribution in [2.75, 3.05) is 0 Å². The van der Waals surface area contributed by atoms with Gasteiger partial charge in [0.1, 0.15) is 5.75 Å². The van der Waals surface area contributed by atoms with Gasteiger partial charge in [-0.2, -0.15) is 0 Å². The van der Waals surface area contributed by atoms with Gasteiger partial charge in [0.15, 0.2) is 6.10 Å². The molecule has 0 bridgehead atoms. The molecule has 0 aromatic heterocycles. The number of hydrogen-bond acceptors (Lipinski definition) is 4. The first kappa shape index (κ1) is 15.1. The molecule has 110 valence electrons. The molecule has 0 radical (unpaired) electrons. The number of amides is 1. The first-order chi connectivity index (χ1) is 9.31. The lowest BCUT2D eigenvalue weighted by atomic mass is 10.1. The van der Waals surface area contributed by atoms with E-state index in [9.17, 15) is 13.2 Å². The maximum absolute atomic E-state index is 12.0. The summed E-state index contributed by atoms with van der Waals surface area (Å²) in [6, 6.07) is 4.43. The second-order valence-corrected chi connectivity index (χ2v) is 7.40. The van der Waals surface area contributed by atoms with Gasteiger partial charge in [0.2, 0.25) is 0 Å². The van der Waals surface area contributed by atoms with Crippen LogP contribution < -0.4 is 10.1 Å². The molecule has 2 atom stereocenters. The molecule has 1 aliphatic heterocycles. The molecule has 1 N–H and O–H groups in total. The Morgan fingerprint density at radius 2 is 2.25 bits per heavy atom. The molecule has 1 heterocycles. The van der Waals surface area contributed by atoms with Crippen molar-refractivity contribution >= 4 is 25.6 Å². The fraction of sp³-hybridized carbons (Fsp3) is 0.462. The number of nitrogens with one attached hydrogen (secondary N) is 1. The molecule has 1 aromatic carbocycles. The van der Waals surface area contributed by atoms with Crippen molar-refractivity contribution in [3.8, 4) is 5.75 Å². The molecule has 0 spiro atoms. The topological polar surface area (TPSA) is 72.5 Å². The van der Waals surface area contributed by atoms with Crippen molar-refractivity contribution in [3.05, 3.63) is 23.8 Å². The van der Waals surface area contributed by atoms with Crippen molar-refractivity contribution in [1.29, 1.82) is 0 Å². The van der Waals surface area contributed by atoms with Crippen LogP contribution in [0.2, 0.25) is 0 Å². The van der Waals surface area contributed by atoms with Gasteiger partial charge in [0.05, 0.1) is 4.90 Å². The van der Waals surface area contributed by atoms with Gasteiger partial charge in [-0.15, -0.1) is 0 Å². The molecule has 2 rings (SSSR count). The quantitative estimate of drug-likeness (QED) is 0.860. The van der Waals surface area contributed by atoms with E-state index in [2.05, 4.69) is 5.32 Å². The van der Waals surface area contributed by atoms with Crippen molar-refractivity contribution in [1.82, 2.24) is 5.32 Å². The van der Waals surface area contributed by atoms with E-state index in [-0.39, 0.29) is 16.8 Å². The van der Waals surface area contributed by atoms with Crippen molar-refractivity contribution in [2.24, 2.45) is 0 Å². The maximum Gasteiger partial charge on any atom is 0.261 e. The summed E-state index contributed by atoms with van der Waals surface area (Å²) < 4.78 is 28.1. The van der Waals surface area contributed by atoms with Crippen LogP contribution in [0.15, 0.2) is 23.1 Å². The van der Waals surface area contributed by atoms with E-state index in [0.717, 1.165) is 6.42 Å². The number of halogens is 1. The Bertz CT molecular complexity index is 629. The summed E-state index contributed by atoms with van der Waals surface area (Å²) in [7, 11) is 1.53. The zero-order valence-corrected chi connectivity index (χ0v) is 12.8. The van der Waals surface area contributed by atoms with E-state index in [1.54, 1.807) is 0 Å². The van der Waals surface area contributed by atoms with Crippen LogP contribution in [-0.2, 0) is 20.3 Å². The van der Waals surface area contributed by atoms with Gasteiger partial charge in [-0.3, -0.25) is 4.79 Å². The lowest BCUT2D eigenvalue weighted by Crippen LogP contribution is -2.41. The van der Waals surface area contributed by atoms with Gasteiger partial charge in [-0.25, -0.2) is 8.42 Å². The summed E-state index contributed by atoms with van der Waals surface area (Å²) in [4.78, 5) is 12.0. The zero-order valence-electron chi connectivity index (χ0n) is 11.2. The second-order valence-electron chi connectivity index (χ2n) is 4.84. The van der Waals surface area contributed by atoms with Crippen LogP contribution in [0.5, 0.6) is 5.75 Å².